The first-order valence-electron chi connectivity index (χ1n) is 7.13. The molecule has 1 aromatic carbocycles. The van der Waals surface area contributed by atoms with Crippen LogP contribution in [0.2, 0.25) is 0 Å². The van der Waals surface area contributed by atoms with E-state index in [1.54, 1.807) is 24.0 Å². The van der Waals surface area contributed by atoms with Gasteiger partial charge in [0, 0.05) is 36.2 Å². The quantitative estimate of drug-likeness (QED) is 0.486. The molecule has 0 saturated carbocycles. The molecule has 1 amide bonds. The Kier molecular flexibility index (Phi) is 5.17. The molecule has 1 aliphatic rings. The Hall–Kier alpha value is -1.62. The molecule has 1 saturated heterocycles. The van der Waals surface area contributed by atoms with Crippen molar-refractivity contribution in [3.63, 3.8) is 0 Å². The van der Waals surface area contributed by atoms with Crippen LogP contribution in [0.3, 0.4) is 0 Å². The minimum absolute atomic E-state index is 0.00447. The lowest BCUT2D eigenvalue weighted by Crippen LogP contribution is -2.40. The van der Waals surface area contributed by atoms with Gasteiger partial charge in [-0.25, -0.2) is 0 Å². The maximum absolute atomic E-state index is 12.5. The number of nitro benzene ring substituents is 1. The molecule has 0 bridgehead atoms. The third-order valence-corrected chi connectivity index (χ3v) is 4.19. The van der Waals surface area contributed by atoms with E-state index in [2.05, 4.69) is 0 Å². The average molecular weight is 311 g/mol. The molecule has 1 atom stereocenters. The number of rotatable bonds is 4. The first-order chi connectivity index (χ1) is 10.0. The Morgan fingerprint density at radius 1 is 1.52 bits per heavy atom. The molecule has 114 valence electrons. The van der Waals surface area contributed by atoms with Gasteiger partial charge in [-0.3, -0.25) is 14.9 Å². The number of hydrogen-bond acceptors (Lipinski definition) is 3. The number of nitrogens with zero attached hydrogens (tertiary/aromatic N) is 2. The Balaban J connectivity index is 2.16. The van der Waals surface area contributed by atoms with Gasteiger partial charge in [0.2, 0.25) is 0 Å². The van der Waals surface area contributed by atoms with Crippen molar-refractivity contribution in [1.29, 1.82) is 0 Å². The normalized spacial score (nSPS) is 18.6. The molecule has 6 heteroatoms. The summed E-state index contributed by atoms with van der Waals surface area (Å²) in [6, 6.07) is 4.67. The highest BCUT2D eigenvalue weighted by Gasteiger charge is 2.25. The number of likely N-dealkylation sites (tertiary alicyclic amines) is 1. The number of amides is 1. The van der Waals surface area contributed by atoms with Crippen LogP contribution in [0.5, 0.6) is 0 Å². The summed E-state index contributed by atoms with van der Waals surface area (Å²) in [6.45, 7) is 3.07. The second-order valence-electron chi connectivity index (χ2n) is 5.50. The SMILES string of the molecule is Cc1ccc(C(=O)N2CCCC(CCCl)C2)cc1[N+](=O)[O-]. The number of carbonyl (C=O) groups is 1. The molecule has 1 aromatic rings. The molecule has 1 heterocycles. The van der Waals surface area contributed by atoms with Crippen LogP contribution in [-0.2, 0) is 0 Å². The van der Waals surface area contributed by atoms with Gasteiger partial charge >= 0.3 is 0 Å². The van der Waals surface area contributed by atoms with Gasteiger partial charge in [-0.05, 0) is 38.2 Å². The maximum Gasteiger partial charge on any atom is 0.273 e. The number of nitro groups is 1. The second kappa shape index (κ2) is 6.89. The van der Waals surface area contributed by atoms with Crippen LogP contribution in [0.25, 0.3) is 0 Å². The van der Waals surface area contributed by atoms with Crippen LogP contribution in [0, 0.1) is 23.0 Å². The standard InChI is InChI=1S/C15H19ClN2O3/c1-11-4-5-13(9-14(11)18(20)21)15(19)17-8-2-3-12(10-17)6-7-16/h4-5,9,12H,2-3,6-8,10H2,1H3. The van der Waals surface area contributed by atoms with E-state index >= 15 is 0 Å². The summed E-state index contributed by atoms with van der Waals surface area (Å²) in [6.07, 6.45) is 2.95. The minimum Gasteiger partial charge on any atom is -0.338 e. The number of benzene rings is 1. The van der Waals surface area contributed by atoms with E-state index in [1.165, 1.54) is 6.07 Å². The second-order valence-corrected chi connectivity index (χ2v) is 5.87. The van der Waals surface area contributed by atoms with Crippen LogP contribution < -0.4 is 0 Å². The highest BCUT2D eigenvalue weighted by Crippen LogP contribution is 2.24. The average Bonchev–Trinajstić information content (AvgIpc) is 2.47. The number of halogens is 1. The highest BCUT2D eigenvalue weighted by atomic mass is 35.5. The van der Waals surface area contributed by atoms with Crippen LogP contribution in [-0.4, -0.2) is 34.7 Å². The Morgan fingerprint density at radius 2 is 2.29 bits per heavy atom. The van der Waals surface area contributed by atoms with Crippen LogP contribution >= 0.6 is 11.6 Å². The molecular weight excluding hydrogens is 292 g/mol. The monoisotopic (exact) mass is 310 g/mol. The summed E-state index contributed by atoms with van der Waals surface area (Å²) in [7, 11) is 0. The predicted octanol–water partition coefficient (Wildman–Crippen LogP) is 3.38. The molecule has 1 unspecified atom stereocenters. The Morgan fingerprint density at radius 3 is 2.95 bits per heavy atom. The molecule has 1 fully saturated rings. The molecular formula is C15H19ClN2O3. The van der Waals surface area contributed by atoms with Gasteiger partial charge < -0.3 is 4.90 Å². The molecule has 21 heavy (non-hydrogen) atoms. The van der Waals surface area contributed by atoms with Crippen molar-refractivity contribution in [2.75, 3.05) is 19.0 Å². The van der Waals surface area contributed by atoms with Crippen molar-refractivity contribution in [2.45, 2.75) is 26.2 Å². The van der Waals surface area contributed by atoms with Gasteiger partial charge in [0.1, 0.15) is 0 Å². The van der Waals surface area contributed by atoms with Gasteiger partial charge in [-0.1, -0.05) is 6.07 Å². The number of carbonyl (C=O) groups excluding carboxylic acids is 1. The maximum atomic E-state index is 12.5. The number of hydrogen-bond donors (Lipinski definition) is 0. The predicted molar refractivity (Wildman–Crippen MR) is 81.8 cm³/mol. The van der Waals surface area contributed by atoms with Crippen molar-refractivity contribution in [1.82, 2.24) is 4.90 Å². The molecule has 0 radical (unpaired) electrons. The number of alkyl halides is 1. The van der Waals surface area contributed by atoms with Crippen LogP contribution in [0.4, 0.5) is 5.69 Å². The lowest BCUT2D eigenvalue weighted by atomic mass is 9.95. The Bertz CT molecular complexity index is 546. The third-order valence-electron chi connectivity index (χ3n) is 3.98. The van der Waals surface area contributed by atoms with Crippen LogP contribution in [0.15, 0.2) is 18.2 Å². The number of piperidine rings is 1. The van der Waals surface area contributed by atoms with Crippen molar-refractivity contribution in [3.05, 3.63) is 39.4 Å². The molecule has 5 nitrogen and oxygen atoms in total. The lowest BCUT2D eigenvalue weighted by Gasteiger charge is -2.32. The summed E-state index contributed by atoms with van der Waals surface area (Å²) in [5, 5.41) is 11.0. The van der Waals surface area contributed by atoms with E-state index in [4.69, 9.17) is 11.6 Å². The first kappa shape index (κ1) is 15.8. The van der Waals surface area contributed by atoms with Crippen molar-refractivity contribution in [2.24, 2.45) is 5.92 Å². The first-order valence-corrected chi connectivity index (χ1v) is 7.66. The zero-order valence-electron chi connectivity index (χ0n) is 12.0. The molecule has 1 aliphatic heterocycles. The third kappa shape index (κ3) is 3.73. The zero-order chi connectivity index (χ0) is 15.4. The molecule has 0 N–H and O–H groups in total. The van der Waals surface area contributed by atoms with Crippen LogP contribution in [0.1, 0.15) is 35.2 Å². The minimum atomic E-state index is -0.446. The molecule has 0 aliphatic carbocycles. The van der Waals surface area contributed by atoms with Gasteiger partial charge in [-0.15, -0.1) is 11.6 Å². The molecule has 2 rings (SSSR count). The van der Waals surface area contributed by atoms with E-state index in [0.717, 1.165) is 19.3 Å². The summed E-state index contributed by atoms with van der Waals surface area (Å²) in [5.74, 6) is 0.904. The van der Waals surface area contributed by atoms with Gasteiger partial charge in [0.25, 0.3) is 11.6 Å². The van der Waals surface area contributed by atoms with E-state index in [-0.39, 0.29) is 11.6 Å². The fourth-order valence-electron chi connectivity index (χ4n) is 2.76. The van der Waals surface area contributed by atoms with Gasteiger partial charge in [0.05, 0.1) is 4.92 Å². The summed E-state index contributed by atoms with van der Waals surface area (Å²) in [4.78, 5) is 24.8. The Labute approximate surface area is 129 Å². The van der Waals surface area contributed by atoms with Crippen molar-refractivity contribution < 1.29 is 9.72 Å². The fourth-order valence-corrected chi connectivity index (χ4v) is 3.07. The summed E-state index contributed by atoms with van der Waals surface area (Å²) in [5.41, 5.74) is 0.948. The highest BCUT2D eigenvalue weighted by molar-refractivity contribution is 6.17. The molecule has 0 aromatic heterocycles. The molecule has 0 spiro atoms. The van der Waals surface area contributed by atoms with Crippen molar-refractivity contribution in [3.8, 4) is 0 Å². The fraction of sp³-hybridized carbons (Fsp3) is 0.533. The van der Waals surface area contributed by atoms with Gasteiger partial charge in [-0.2, -0.15) is 0 Å². The van der Waals surface area contributed by atoms with E-state index in [0.29, 0.717) is 36.0 Å². The van der Waals surface area contributed by atoms with E-state index < -0.39 is 4.92 Å². The lowest BCUT2D eigenvalue weighted by molar-refractivity contribution is -0.385. The summed E-state index contributed by atoms with van der Waals surface area (Å²) >= 11 is 5.77. The van der Waals surface area contributed by atoms with Crippen molar-refractivity contribution >= 4 is 23.2 Å². The largest absolute Gasteiger partial charge is 0.338 e. The topological polar surface area (TPSA) is 63.5 Å². The summed E-state index contributed by atoms with van der Waals surface area (Å²) < 4.78 is 0. The van der Waals surface area contributed by atoms with Gasteiger partial charge in [0.15, 0.2) is 0 Å². The van der Waals surface area contributed by atoms with E-state index in [9.17, 15) is 14.9 Å². The smallest absolute Gasteiger partial charge is 0.273 e. The van der Waals surface area contributed by atoms with E-state index in [1.807, 2.05) is 0 Å². The zero-order valence-corrected chi connectivity index (χ0v) is 12.8. The number of aryl methyl sites for hydroxylation is 1.